The minimum Gasteiger partial charge on any atom is -0.464 e. The van der Waals surface area contributed by atoms with Gasteiger partial charge in [0.1, 0.15) is 5.69 Å². The molecule has 1 aromatic heterocycles. The lowest BCUT2D eigenvalue weighted by Gasteiger charge is -2.36. The number of esters is 1. The molecule has 29 heavy (non-hydrogen) atoms. The number of hydrogen-bond donors (Lipinski definition) is 0. The third-order valence-electron chi connectivity index (χ3n) is 5.59. The van der Waals surface area contributed by atoms with Gasteiger partial charge in [-0.25, -0.2) is 9.97 Å². The molecule has 1 aromatic carbocycles. The third-order valence-corrected chi connectivity index (χ3v) is 5.59. The van der Waals surface area contributed by atoms with E-state index in [1.165, 1.54) is 0 Å². The molecule has 6 heteroatoms. The summed E-state index contributed by atoms with van der Waals surface area (Å²) in [6.07, 6.45) is 2.07. The predicted octanol–water partition coefficient (Wildman–Crippen LogP) is 4.31. The number of ether oxygens (including phenoxy) is 1. The molecule has 2 heterocycles. The molecule has 0 saturated carbocycles. The molecule has 0 N–H and O–H groups in total. The summed E-state index contributed by atoms with van der Waals surface area (Å²) in [6.45, 7) is 10.5. The highest BCUT2D eigenvalue weighted by atomic mass is 16.5. The topological polar surface area (TPSA) is 79.1 Å². The van der Waals surface area contributed by atoms with Crippen LogP contribution in [0.15, 0.2) is 24.3 Å². The summed E-state index contributed by atoms with van der Waals surface area (Å²) in [5.41, 5.74) is 1.85. The van der Waals surface area contributed by atoms with Crippen LogP contribution in [0.5, 0.6) is 0 Å². The van der Waals surface area contributed by atoms with Crippen molar-refractivity contribution in [2.24, 2.45) is 17.8 Å². The van der Waals surface area contributed by atoms with Crippen LogP contribution in [0.2, 0.25) is 0 Å². The summed E-state index contributed by atoms with van der Waals surface area (Å²) in [5.74, 6) is 0.282. The number of nitriles is 1. The molecule has 0 amide bonds. The molecule has 1 fully saturated rings. The molecule has 0 aliphatic carbocycles. The van der Waals surface area contributed by atoms with E-state index in [0.29, 0.717) is 35.5 Å². The van der Waals surface area contributed by atoms with Gasteiger partial charge in [0.05, 0.1) is 23.7 Å². The maximum absolute atomic E-state index is 12.8. The van der Waals surface area contributed by atoms with Gasteiger partial charge in [0.25, 0.3) is 0 Å². The number of para-hydroxylation sites is 2. The molecule has 3 rings (SSSR count). The number of fused-ring (bicyclic) bond motifs is 1. The smallest absolute Gasteiger partial charge is 0.329 e. The van der Waals surface area contributed by atoms with Gasteiger partial charge in [0.2, 0.25) is 0 Å². The van der Waals surface area contributed by atoms with Gasteiger partial charge >= 0.3 is 5.97 Å². The number of rotatable bonds is 6. The van der Waals surface area contributed by atoms with Gasteiger partial charge in [-0.1, -0.05) is 46.2 Å². The molecule has 1 aliphatic heterocycles. The van der Waals surface area contributed by atoms with Gasteiger partial charge in [-0.3, -0.25) is 4.79 Å². The van der Waals surface area contributed by atoms with E-state index in [1.54, 1.807) is 0 Å². The molecule has 2 aromatic rings. The Labute approximate surface area is 172 Å². The van der Waals surface area contributed by atoms with Crippen molar-refractivity contribution in [3.63, 3.8) is 0 Å². The highest BCUT2D eigenvalue weighted by Gasteiger charge is 2.32. The van der Waals surface area contributed by atoms with Gasteiger partial charge in [0, 0.05) is 13.1 Å². The van der Waals surface area contributed by atoms with Crippen molar-refractivity contribution >= 4 is 22.8 Å². The maximum Gasteiger partial charge on any atom is 0.329 e. The number of nitrogens with zero attached hydrogens (tertiary/aromatic N) is 4. The van der Waals surface area contributed by atoms with Gasteiger partial charge in [-0.15, -0.1) is 0 Å². The first-order chi connectivity index (χ1) is 13.9. The summed E-state index contributed by atoms with van der Waals surface area (Å²) < 4.78 is 5.45. The molecular weight excluding hydrogens is 364 g/mol. The van der Waals surface area contributed by atoms with Crippen LogP contribution in [0.3, 0.4) is 0 Å². The van der Waals surface area contributed by atoms with Crippen molar-refractivity contribution in [3.05, 3.63) is 30.0 Å². The summed E-state index contributed by atoms with van der Waals surface area (Å²) in [4.78, 5) is 24.5. The zero-order valence-corrected chi connectivity index (χ0v) is 17.8. The monoisotopic (exact) mass is 394 g/mol. The molecule has 6 nitrogen and oxygen atoms in total. The highest BCUT2D eigenvalue weighted by Crippen LogP contribution is 2.32. The van der Waals surface area contributed by atoms with Crippen LogP contribution in [0.4, 0.5) is 5.82 Å². The molecule has 0 radical (unpaired) electrons. The van der Waals surface area contributed by atoms with Crippen molar-refractivity contribution in [3.8, 4) is 6.07 Å². The number of carbonyl (C=O) groups excluding carboxylic acids is 1. The van der Waals surface area contributed by atoms with E-state index in [-0.39, 0.29) is 5.92 Å². The number of aromatic nitrogens is 2. The molecule has 4 atom stereocenters. The Morgan fingerprint density at radius 3 is 2.45 bits per heavy atom. The Balaban J connectivity index is 2.02. The zero-order chi connectivity index (χ0) is 21.0. The Bertz CT molecular complexity index is 897. The lowest BCUT2D eigenvalue weighted by Crippen LogP contribution is -2.40. The minimum atomic E-state index is -1.08. The maximum atomic E-state index is 12.8. The van der Waals surface area contributed by atoms with E-state index in [1.807, 2.05) is 38.1 Å². The molecule has 0 spiro atoms. The molecule has 0 bridgehead atoms. The average molecular weight is 395 g/mol. The zero-order valence-electron chi connectivity index (χ0n) is 17.8. The van der Waals surface area contributed by atoms with Crippen LogP contribution in [0.1, 0.15) is 52.1 Å². The number of anilines is 1. The van der Waals surface area contributed by atoms with Crippen molar-refractivity contribution in [1.82, 2.24) is 9.97 Å². The molecule has 1 aliphatic rings. The van der Waals surface area contributed by atoms with Crippen molar-refractivity contribution in [2.45, 2.75) is 46.5 Å². The molecule has 0 unspecified atom stereocenters. The summed E-state index contributed by atoms with van der Waals surface area (Å²) in [7, 11) is 0. The highest BCUT2D eigenvalue weighted by molar-refractivity contribution is 5.85. The van der Waals surface area contributed by atoms with E-state index in [4.69, 9.17) is 14.7 Å². The number of benzene rings is 1. The molecule has 1 saturated heterocycles. The lowest BCUT2D eigenvalue weighted by atomic mass is 9.91. The summed E-state index contributed by atoms with van der Waals surface area (Å²) >= 11 is 0. The SMILES string of the molecule is CC[C@H](C)COC(=O)[C@H](C#N)c1nc2ccccc2nc1N1C[C@H](C)C[C@H](C)C1. The average Bonchev–Trinajstić information content (AvgIpc) is 2.71. The van der Waals surface area contributed by atoms with Crippen LogP contribution in [-0.2, 0) is 9.53 Å². The van der Waals surface area contributed by atoms with Crippen LogP contribution >= 0.6 is 0 Å². The number of hydrogen-bond acceptors (Lipinski definition) is 6. The van der Waals surface area contributed by atoms with Crippen LogP contribution in [0, 0.1) is 29.1 Å². The van der Waals surface area contributed by atoms with Gasteiger partial charge in [-0.05, 0) is 36.3 Å². The normalized spacial score (nSPS) is 21.4. The molecule has 154 valence electrons. The Kier molecular flexibility index (Phi) is 6.68. The van der Waals surface area contributed by atoms with E-state index in [0.717, 1.165) is 31.4 Å². The standard InChI is InChI=1S/C23H30N4O2/c1-5-15(2)14-29-23(28)18(11-24)21-22(27-12-16(3)10-17(4)13-27)26-20-9-7-6-8-19(20)25-21/h6-9,15-18H,5,10,12-14H2,1-4H3/t15-,16-,17+,18+/m0/s1. The largest absolute Gasteiger partial charge is 0.464 e. The second kappa shape index (κ2) is 9.21. The van der Waals surface area contributed by atoms with E-state index in [2.05, 4.69) is 24.8 Å². The second-order valence-corrected chi connectivity index (χ2v) is 8.48. The minimum absolute atomic E-state index is 0.254. The first kappa shape index (κ1) is 21.0. The Morgan fingerprint density at radius 1 is 1.24 bits per heavy atom. The van der Waals surface area contributed by atoms with E-state index < -0.39 is 11.9 Å². The van der Waals surface area contributed by atoms with E-state index in [9.17, 15) is 10.1 Å². The first-order valence-corrected chi connectivity index (χ1v) is 10.5. The van der Waals surface area contributed by atoms with Crippen molar-refractivity contribution in [1.29, 1.82) is 5.26 Å². The summed E-state index contributed by atoms with van der Waals surface area (Å²) in [6, 6.07) is 9.70. The van der Waals surface area contributed by atoms with Gasteiger partial charge in [0.15, 0.2) is 11.7 Å². The summed E-state index contributed by atoms with van der Waals surface area (Å²) in [5, 5.41) is 9.83. The van der Waals surface area contributed by atoms with Gasteiger partial charge < -0.3 is 9.64 Å². The fourth-order valence-electron chi connectivity index (χ4n) is 3.92. The van der Waals surface area contributed by atoms with Crippen molar-refractivity contribution in [2.75, 3.05) is 24.6 Å². The van der Waals surface area contributed by atoms with Crippen molar-refractivity contribution < 1.29 is 9.53 Å². The van der Waals surface area contributed by atoms with Crippen LogP contribution in [-0.4, -0.2) is 35.6 Å². The van der Waals surface area contributed by atoms with Gasteiger partial charge in [-0.2, -0.15) is 5.26 Å². The first-order valence-electron chi connectivity index (χ1n) is 10.5. The third kappa shape index (κ3) is 4.84. The fraction of sp³-hybridized carbons (Fsp3) is 0.565. The quantitative estimate of drug-likeness (QED) is 0.679. The predicted molar refractivity (Wildman–Crippen MR) is 113 cm³/mol. The van der Waals surface area contributed by atoms with Crippen LogP contribution < -0.4 is 4.90 Å². The number of piperidine rings is 1. The number of carbonyl (C=O) groups is 1. The van der Waals surface area contributed by atoms with E-state index >= 15 is 0 Å². The Hall–Kier alpha value is -2.68. The second-order valence-electron chi connectivity index (χ2n) is 8.48. The Morgan fingerprint density at radius 2 is 1.86 bits per heavy atom. The molecular formula is C23H30N4O2. The lowest BCUT2D eigenvalue weighted by molar-refractivity contribution is -0.145. The van der Waals surface area contributed by atoms with Crippen LogP contribution in [0.25, 0.3) is 11.0 Å². The fourth-order valence-corrected chi connectivity index (χ4v) is 3.92.